The van der Waals surface area contributed by atoms with E-state index in [0.717, 1.165) is 21.3 Å². The van der Waals surface area contributed by atoms with E-state index in [1.807, 2.05) is 6.07 Å². The van der Waals surface area contributed by atoms with Crippen molar-refractivity contribution in [3.63, 3.8) is 0 Å². The molecule has 1 aromatic heterocycles. The average Bonchev–Trinajstić information content (AvgIpc) is 3.21. The highest BCUT2D eigenvalue weighted by Crippen LogP contribution is 2.27. The Kier molecular flexibility index (Phi) is 5.49. The molecule has 0 fully saturated rings. The lowest BCUT2D eigenvalue weighted by atomic mass is 10.1. The average molecular weight is 483 g/mol. The second kappa shape index (κ2) is 8.08. The number of sulfonamides is 1. The molecule has 0 radical (unpaired) electrons. The minimum Gasteiger partial charge on any atom is -0.444 e. The van der Waals surface area contributed by atoms with Crippen LogP contribution in [0.4, 0.5) is 5.69 Å². The summed E-state index contributed by atoms with van der Waals surface area (Å²) in [4.78, 5) is 4.77. The van der Waals surface area contributed by atoms with Gasteiger partial charge in [-0.2, -0.15) is 0 Å². The number of hydrogen-bond donors (Lipinski definition) is 1. The van der Waals surface area contributed by atoms with Crippen LogP contribution in [0.1, 0.15) is 11.1 Å². The smallest absolute Gasteiger partial charge is 0.261 e. The van der Waals surface area contributed by atoms with Gasteiger partial charge in [0.1, 0.15) is 12.0 Å². The molecule has 4 rings (SSSR count). The van der Waals surface area contributed by atoms with Crippen LogP contribution in [0.5, 0.6) is 0 Å². The molecule has 0 amide bonds. The van der Waals surface area contributed by atoms with Gasteiger partial charge < -0.3 is 4.42 Å². The second-order valence-corrected chi connectivity index (χ2v) is 9.57. The van der Waals surface area contributed by atoms with Gasteiger partial charge in [-0.05, 0) is 79.6 Å². The van der Waals surface area contributed by atoms with Crippen molar-refractivity contribution in [2.75, 3.05) is 4.72 Å². The zero-order valence-electron chi connectivity index (χ0n) is 16.4. The largest absolute Gasteiger partial charge is 0.444 e. The first-order chi connectivity index (χ1) is 14.3. The summed E-state index contributed by atoms with van der Waals surface area (Å²) in [5.41, 5.74) is 5.39. The van der Waals surface area contributed by atoms with Gasteiger partial charge in [0.2, 0.25) is 5.89 Å². The van der Waals surface area contributed by atoms with Gasteiger partial charge in [0.05, 0.1) is 4.90 Å². The van der Waals surface area contributed by atoms with Crippen molar-refractivity contribution in [3.05, 3.63) is 88.6 Å². The molecule has 5 nitrogen and oxygen atoms in total. The molecule has 0 unspecified atom stereocenters. The highest BCUT2D eigenvalue weighted by Gasteiger charge is 2.15. The number of aryl methyl sites for hydroxylation is 2. The quantitative estimate of drug-likeness (QED) is 0.368. The Morgan fingerprint density at radius 3 is 2.20 bits per heavy atom. The van der Waals surface area contributed by atoms with Crippen LogP contribution in [-0.2, 0) is 10.0 Å². The Balaban J connectivity index is 1.53. The van der Waals surface area contributed by atoms with Gasteiger partial charge in [0.25, 0.3) is 10.0 Å². The second-order valence-electron chi connectivity index (χ2n) is 6.97. The monoisotopic (exact) mass is 482 g/mol. The normalized spacial score (nSPS) is 11.4. The Hall–Kier alpha value is -2.90. The Morgan fingerprint density at radius 2 is 1.53 bits per heavy atom. The van der Waals surface area contributed by atoms with Crippen LogP contribution in [0, 0.1) is 13.8 Å². The predicted octanol–water partition coefficient (Wildman–Crippen LogP) is 6.19. The number of nitrogens with one attached hydrogen (secondary N) is 1. The molecule has 3 aromatic carbocycles. The SMILES string of the molecule is Cc1ccc(-c2coc(-c3ccc(NS(=O)(=O)c4ccc(Br)cc4)cc3)n2)cc1C. The van der Waals surface area contributed by atoms with Crippen molar-refractivity contribution in [1.29, 1.82) is 0 Å². The van der Waals surface area contributed by atoms with E-state index in [4.69, 9.17) is 4.42 Å². The van der Waals surface area contributed by atoms with E-state index in [-0.39, 0.29) is 4.90 Å². The summed E-state index contributed by atoms with van der Waals surface area (Å²) in [6, 6.07) is 19.5. The number of aromatic nitrogens is 1. The van der Waals surface area contributed by atoms with Gasteiger partial charge in [0.15, 0.2) is 0 Å². The van der Waals surface area contributed by atoms with Crippen molar-refractivity contribution in [2.45, 2.75) is 18.7 Å². The fourth-order valence-electron chi connectivity index (χ4n) is 2.95. The van der Waals surface area contributed by atoms with Crippen molar-refractivity contribution in [2.24, 2.45) is 0 Å². The zero-order chi connectivity index (χ0) is 21.3. The van der Waals surface area contributed by atoms with Crippen LogP contribution in [0.3, 0.4) is 0 Å². The third kappa shape index (κ3) is 4.32. The molecule has 0 aliphatic rings. The summed E-state index contributed by atoms with van der Waals surface area (Å²) < 4.78 is 34.1. The van der Waals surface area contributed by atoms with Crippen LogP contribution in [0.15, 0.2) is 86.8 Å². The summed E-state index contributed by atoms with van der Waals surface area (Å²) in [6.45, 7) is 4.13. The highest BCUT2D eigenvalue weighted by atomic mass is 79.9. The highest BCUT2D eigenvalue weighted by molar-refractivity contribution is 9.10. The van der Waals surface area contributed by atoms with Crippen molar-refractivity contribution < 1.29 is 12.8 Å². The number of hydrogen-bond acceptors (Lipinski definition) is 4. The van der Waals surface area contributed by atoms with E-state index in [9.17, 15) is 8.42 Å². The van der Waals surface area contributed by atoms with Gasteiger partial charge in [-0.3, -0.25) is 4.72 Å². The molecule has 4 aromatic rings. The maximum absolute atomic E-state index is 12.5. The summed E-state index contributed by atoms with van der Waals surface area (Å²) in [7, 11) is -3.66. The zero-order valence-corrected chi connectivity index (χ0v) is 18.8. The van der Waals surface area contributed by atoms with E-state index in [2.05, 4.69) is 51.6 Å². The van der Waals surface area contributed by atoms with Crippen LogP contribution >= 0.6 is 15.9 Å². The van der Waals surface area contributed by atoms with Gasteiger partial charge in [0, 0.05) is 21.3 Å². The first-order valence-corrected chi connectivity index (χ1v) is 11.5. The number of rotatable bonds is 5. The Labute approximate surface area is 184 Å². The number of nitrogens with zero attached hydrogens (tertiary/aromatic N) is 1. The third-order valence-corrected chi connectivity index (χ3v) is 6.74. The summed E-state index contributed by atoms with van der Waals surface area (Å²) in [5, 5.41) is 0. The molecule has 1 N–H and O–H groups in total. The Morgan fingerprint density at radius 1 is 0.867 bits per heavy atom. The van der Waals surface area contributed by atoms with Gasteiger partial charge in [-0.15, -0.1) is 0 Å². The summed E-state index contributed by atoms with van der Waals surface area (Å²) in [5.74, 6) is 0.477. The minimum absolute atomic E-state index is 0.195. The first-order valence-electron chi connectivity index (χ1n) is 9.24. The van der Waals surface area contributed by atoms with Crippen LogP contribution in [-0.4, -0.2) is 13.4 Å². The fourth-order valence-corrected chi connectivity index (χ4v) is 4.27. The standard InChI is InChI=1S/C23H19BrN2O3S/c1-15-3-4-18(13-16(15)2)22-14-29-23(25-22)17-5-9-20(10-6-17)26-30(27,28)21-11-7-19(24)8-12-21/h3-14,26H,1-2H3. The fraction of sp³-hybridized carbons (Fsp3) is 0.0870. The molecule has 0 aliphatic heterocycles. The third-order valence-electron chi connectivity index (χ3n) is 4.81. The van der Waals surface area contributed by atoms with E-state index in [1.165, 1.54) is 11.1 Å². The minimum atomic E-state index is -3.66. The molecule has 7 heteroatoms. The number of benzene rings is 3. The lowest BCUT2D eigenvalue weighted by Crippen LogP contribution is -2.12. The van der Waals surface area contributed by atoms with E-state index >= 15 is 0 Å². The van der Waals surface area contributed by atoms with Crippen LogP contribution in [0.2, 0.25) is 0 Å². The molecule has 0 saturated heterocycles. The number of halogens is 1. The molecule has 30 heavy (non-hydrogen) atoms. The molecule has 0 aliphatic carbocycles. The number of anilines is 1. The maximum Gasteiger partial charge on any atom is 0.261 e. The molecule has 1 heterocycles. The van der Waals surface area contributed by atoms with Gasteiger partial charge in [-0.1, -0.05) is 28.1 Å². The van der Waals surface area contributed by atoms with Gasteiger partial charge in [-0.25, -0.2) is 13.4 Å². The molecule has 0 bridgehead atoms. The molecule has 0 spiro atoms. The van der Waals surface area contributed by atoms with Crippen LogP contribution < -0.4 is 4.72 Å². The van der Waals surface area contributed by atoms with E-state index < -0.39 is 10.0 Å². The summed E-state index contributed by atoms with van der Waals surface area (Å²) in [6.07, 6.45) is 1.63. The molecular weight excluding hydrogens is 464 g/mol. The van der Waals surface area contributed by atoms with Crippen molar-refractivity contribution in [1.82, 2.24) is 4.98 Å². The predicted molar refractivity (Wildman–Crippen MR) is 122 cm³/mol. The van der Waals surface area contributed by atoms with Gasteiger partial charge >= 0.3 is 0 Å². The van der Waals surface area contributed by atoms with Crippen LogP contribution in [0.25, 0.3) is 22.7 Å². The summed E-state index contributed by atoms with van der Waals surface area (Å²) >= 11 is 3.30. The van der Waals surface area contributed by atoms with E-state index in [1.54, 1.807) is 54.8 Å². The van der Waals surface area contributed by atoms with Crippen molar-refractivity contribution in [3.8, 4) is 22.7 Å². The van der Waals surface area contributed by atoms with E-state index in [0.29, 0.717) is 11.6 Å². The van der Waals surface area contributed by atoms with Crippen molar-refractivity contribution >= 4 is 31.6 Å². The lowest BCUT2D eigenvalue weighted by Gasteiger charge is -2.08. The topological polar surface area (TPSA) is 72.2 Å². The molecule has 0 atom stereocenters. The molecule has 152 valence electrons. The Bertz CT molecular complexity index is 1300. The molecular formula is C23H19BrN2O3S. The maximum atomic E-state index is 12.5. The first kappa shape index (κ1) is 20.4. The number of oxazole rings is 1. The molecule has 0 saturated carbocycles. The lowest BCUT2D eigenvalue weighted by molar-refractivity contribution is 0.575.